The number of hydrogen-bond donors (Lipinski definition) is 1. The lowest BCUT2D eigenvalue weighted by atomic mass is 10.1. The molecule has 0 unspecified atom stereocenters. The number of amides is 1. The van der Waals surface area contributed by atoms with Crippen LogP contribution >= 0.6 is 39.0 Å². The molecule has 0 bridgehead atoms. The summed E-state index contributed by atoms with van der Waals surface area (Å²) in [6.45, 7) is 1.87. The summed E-state index contributed by atoms with van der Waals surface area (Å²) in [6.07, 6.45) is 0. The maximum absolute atomic E-state index is 12.3. The molecule has 146 valence electrons. The number of oxazole rings is 1. The molecule has 0 radical (unpaired) electrons. The van der Waals surface area contributed by atoms with Crippen molar-refractivity contribution in [1.82, 2.24) is 10.4 Å². The number of aromatic nitrogens is 1. The molecule has 5 nitrogen and oxygen atoms in total. The quantitative estimate of drug-likeness (QED) is 0.203. The minimum atomic E-state index is -0.238. The van der Waals surface area contributed by atoms with Gasteiger partial charge in [-0.1, -0.05) is 36.0 Å². The van der Waals surface area contributed by atoms with Gasteiger partial charge in [0.15, 0.2) is 5.58 Å². The molecule has 0 aliphatic carbocycles. The lowest BCUT2D eigenvalue weighted by molar-refractivity contribution is 0.0955. The van der Waals surface area contributed by atoms with Crippen LogP contribution in [0.15, 0.2) is 79.2 Å². The number of fused-ring (bicyclic) bond motifs is 1. The molecular weight excluding hydrogens is 470 g/mol. The van der Waals surface area contributed by atoms with Crippen LogP contribution in [-0.4, -0.2) is 16.6 Å². The highest BCUT2D eigenvalue weighted by molar-refractivity contribution is 9.11. The van der Waals surface area contributed by atoms with Gasteiger partial charge in [0.25, 0.3) is 11.1 Å². The number of rotatable bonds is 6. The number of thiophene rings is 1. The summed E-state index contributed by atoms with van der Waals surface area (Å²) in [4.78, 5) is 17.8. The Morgan fingerprint density at radius 3 is 2.69 bits per heavy atom. The molecule has 2 aromatic carbocycles. The van der Waals surface area contributed by atoms with Crippen molar-refractivity contribution in [2.75, 3.05) is 0 Å². The van der Waals surface area contributed by atoms with Crippen LogP contribution in [0.5, 0.6) is 0 Å². The summed E-state index contributed by atoms with van der Waals surface area (Å²) in [7, 11) is 0. The number of nitrogens with zero attached hydrogens (tertiary/aromatic N) is 2. The van der Waals surface area contributed by atoms with Gasteiger partial charge in [-0.25, -0.2) is 10.4 Å². The standard InChI is InChI=1S/C21H16BrN3O2S2/c1-13(18-10-11-19(22)29-18)24-25-20(26)15-8-6-14(7-9-15)12-28-21-23-16-4-2-3-5-17(16)27-21/h2-11H,12H2,1H3,(H,25,26)/b24-13-. The normalized spacial score (nSPS) is 11.7. The molecule has 0 aliphatic heterocycles. The van der Waals surface area contributed by atoms with E-state index < -0.39 is 0 Å². The van der Waals surface area contributed by atoms with E-state index in [1.54, 1.807) is 23.5 Å². The number of benzene rings is 2. The molecule has 0 spiro atoms. The van der Waals surface area contributed by atoms with Crippen molar-refractivity contribution in [2.24, 2.45) is 5.10 Å². The molecular formula is C21H16BrN3O2S2. The van der Waals surface area contributed by atoms with E-state index in [2.05, 4.69) is 31.4 Å². The topological polar surface area (TPSA) is 67.5 Å². The molecule has 1 N–H and O–H groups in total. The van der Waals surface area contributed by atoms with Crippen LogP contribution in [0.4, 0.5) is 0 Å². The summed E-state index contributed by atoms with van der Waals surface area (Å²) in [6, 6.07) is 19.1. The lowest BCUT2D eigenvalue weighted by Crippen LogP contribution is -2.19. The van der Waals surface area contributed by atoms with Crippen LogP contribution in [-0.2, 0) is 5.75 Å². The van der Waals surface area contributed by atoms with Crippen LogP contribution in [0.1, 0.15) is 27.7 Å². The van der Waals surface area contributed by atoms with Gasteiger partial charge in [-0.3, -0.25) is 4.79 Å². The van der Waals surface area contributed by atoms with E-state index in [0.29, 0.717) is 16.5 Å². The van der Waals surface area contributed by atoms with Gasteiger partial charge in [-0.15, -0.1) is 11.3 Å². The van der Waals surface area contributed by atoms with E-state index in [1.807, 2.05) is 55.5 Å². The van der Waals surface area contributed by atoms with E-state index >= 15 is 0 Å². The zero-order chi connectivity index (χ0) is 20.2. The van der Waals surface area contributed by atoms with Crippen LogP contribution in [0.2, 0.25) is 0 Å². The number of hydrazone groups is 1. The molecule has 0 saturated heterocycles. The maximum Gasteiger partial charge on any atom is 0.271 e. The fraction of sp³-hybridized carbons (Fsp3) is 0.0952. The van der Waals surface area contributed by atoms with Gasteiger partial charge in [0.2, 0.25) is 0 Å². The number of carbonyl (C=O) groups excluding carboxylic acids is 1. The lowest BCUT2D eigenvalue weighted by Gasteiger charge is -2.03. The molecule has 8 heteroatoms. The number of halogens is 1. The van der Waals surface area contributed by atoms with Gasteiger partial charge >= 0.3 is 0 Å². The Labute approximate surface area is 184 Å². The SMILES string of the molecule is C/C(=N/NC(=O)c1ccc(CSc2nc3ccccc3o2)cc1)c1ccc(Br)s1. The third-order valence-electron chi connectivity index (χ3n) is 4.11. The Balaban J connectivity index is 1.35. The smallest absolute Gasteiger partial charge is 0.271 e. The minimum absolute atomic E-state index is 0.238. The summed E-state index contributed by atoms with van der Waals surface area (Å²) in [5, 5.41) is 4.82. The zero-order valence-electron chi connectivity index (χ0n) is 15.4. The summed E-state index contributed by atoms with van der Waals surface area (Å²) >= 11 is 6.52. The molecule has 1 amide bonds. The van der Waals surface area contributed by atoms with Crippen molar-refractivity contribution in [3.05, 3.63) is 80.5 Å². The minimum Gasteiger partial charge on any atom is -0.431 e. The number of nitrogens with one attached hydrogen (secondary N) is 1. The number of hydrogen-bond acceptors (Lipinski definition) is 6. The van der Waals surface area contributed by atoms with Gasteiger partial charge < -0.3 is 4.42 Å². The van der Waals surface area contributed by atoms with Crippen molar-refractivity contribution in [2.45, 2.75) is 17.9 Å². The van der Waals surface area contributed by atoms with E-state index in [9.17, 15) is 4.79 Å². The molecule has 2 heterocycles. The Hall–Kier alpha value is -2.42. The van der Waals surface area contributed by atoms with Crippen molar-refractivity contribution >= 4 is 61.7 Å². The van der Waals surface area contributed by atoms with Crippen molar-refractivity contribution in [3.8, 4) is 0 Å². The fourth-order valence-electron chi connectivity index (χ4n) is 2.57. The second-order valence-electron chi connectivity index (χ2n) is 6.17. The Morgan fingerprint density at radius 2 is 1.97 bits per heavy atom. The van der Waals surface area contributed by atoms with Gasteiger partial charge in [-0.05, 0) is 64.8 Å². The first-order chi connectivity index (χ1) is 14.1. The summed E-state index contributed by atoms with van der Waals surface area (Å²) in [5.74, 6) is 0.470. The van der Waals surface area contributed by atoms with Crippen molar-refractivity contribution in [1.29, 1.82) is 0 Å². The fourth-order valence-corrected chi connectivity index (χ4v) is 4.70. The van der Waals surface area contributed by atoms with E-state index in [-0.39, 0.29) is 5.91 Å². The van der Waals surface area contributed by atoms with Crippen LogP contribution in [0.3, 0.4) is 0 Å². The number of thioether (sulfide) groups is 1. The monoisotopic (exact) mass is 485 g/mol. The zero-order valence-corrected chi connectivity index (χ0v) is 18.6. The first kappa shape index (κ1) is 19.9. The van der Waals surface area contributed by atoms with Gasteiger partial charge in [0.05, 0.1) is 14.4 Å². The van der Waals surface area contributed by atoms with Crippen LogP contribution < -0.4 is 5.43 Å². The molecule has 4 aromatic rings. The highest BCUT2D eigenvalue weighted by Crippen LogP contribution is 2.26. The predicted molar refractivity (Wildman–Crippen MR) is 122 cm³/mol. The molecule has 0 aliphatic rings. The molecule has 2 aromatic heterocycles. The Bertz CT molecular complexity index is 1150. The second-order valence-corrected chi connectivity index (χ2v) is 9.56. The summed E-state index contributed by atoms with van der Waals surface area (Å²) < 4.78 is 6.74. The van der Waals surface area contributed by atoms with Crippen molar-refractivity contribution < 1.29 is 9.21 Å². The van der Waals surface area contributed by atoms with Gasteiger partial charge in [0, 0.05) is 11.3 Å². The Kier molecular flexibility index (Phi) is 6.13. The third kappa shape index (κ3) is 4.95. The molecule has 0 saturated carbocycles. The van der Waals surface area contributed by atoms with Crippen LogP contribution in [0, 0.1) is 0 Å². The van der Waals surface area contributed by atoms with E-state index in [0.717, 1.165) is 31.0 Å². The van der Waals surface area contributed by atoms with Crippen LogP contribution in [0.25, 0.3) is 11.1 Å². The van der Waals surface area contributed by atoms with E-state index in [1.165, 1.54) is 11.8 Å². The van der Waals surface area contributed by atoms with E-state index in [4.69, 9.17) is 4.42 Å². The Morgan fingerprint density at radius 1 is 1.17 bits per heavy atom. The highest BCUT2D eigenvalue weighted by atomic mass is 79.9. The first-order valence-corrected chi connectivity index (χ1v) is 11.4. The molecule has 0 fully saturated rings. The summed E-state index contributed by atoms with van der Waals surface area (Å²) in [5.41, 5.74) is 6.65. The first-order valence-electron chi connectivity index (χ1n) is 8.76. The molecule has 29 heavy (non-hydrogen) atoms. The third-order valence-corrected chi connectivity index (χ3v) is 6.74. The molecule has 0 atom stereocenters. The van der Waals surface area contributed by atoms with Gasteiger partial charge in [-0.2, -0.15) is 5.10 Å². The second kappa shape index (κ2) is 8.94. The highest BCUT2D eigenvalue weighted by Gasteiger charge is 2.08. The van der Waals surface area contributed by atoms with Crippen molar-refractivity contribution in [3.63, 3.8) is 0 Å². The number of carbonyl (C=O) groups is 1. The average molecular weight is 486 g/mol. The average Bonchev–Trinajstić information content (AvgIpc) is 3.36. The molecule has 4 rings (SSSR count). The largest absolute Gasteiger partial charge is 0.431 e. The number of para-hydroxylation sites is 2. The predicted octanol–water partition coefficient (Wildman–Crippen LogP) is 6.10. The van der Waals surface area contributed by atoms with Gasteiger partial charge in [0.1, 0.15) is 5.52 Å². The maximum atomic E-state index is 12.3.